The van der Waals surface area contributed by atoms with E-state index in [0.717, 1.165) is 4.90 Å². The van der Waals surface area contributed by atoms with Gasteiger partial charge in [0.15, 0.2) is 6.10 Å². The number of hydrogen-bond acceptors (Lipinski definition) is 3. The van der Waals surface area contributed by atoms with Crippen LogP contribution in [0.4, 0.5) is 18.0 Å². The van der Waals surface area contributed by atoms with Crippen LogP contribution >= 0.6 is 0 Å². The molecule has 9 heteroatoms. The number of morpholine rings is 1. The van der Waals surface area contributed by atoms with E-state index in [1.54, 1.807) is 0 Å². The Morgan fingerprint density at radius 1 is 1.30 bits per heavy atom. The van der Waals surface area contributed by atoms with Gasteiger partial charge in [0.05, 0.1) is 19.1 Å². The molecule has 2 N–H and O–H groups in total. The Morgan fingerprint density at radius 2 is 1.95 bits per heavy atom. The monoisotopic (exact) mass is 296 g/mol. The topological polar surface area (TPSA) is 78.9 Å². The fourth-order valence-corrected chi connectivity index (χ4v) is 2.24. The van der Waals surface area contributed by atoms with Crippen LogP contribution in [0, 0.1) is 5.92 Å². The zero-order valence-corrected chi connectivity index (χ0v) is 10.5. The Balaban J connectivity index is 1.80. The summed E-state index contributed by atoms with van der Waals surface area (Å²) >= 11 is 0. The number of rotatable bonds is 2. The second-order valence-electron chi connectivity index (χ2n) is 5.00. The van der Waals surface area contributed by atoms with Crippen molar-refractivity contribution >= 4 is 12.0 Å². The second-order valence-corrected chi connectivity index (χ2v) is 5.00. The number of ether oxygens (including phenoxy) is 1. The number of aliphatic carboxylic acids is 1. The van der Waals surface area contributed by atoms with Gasteiger partial charge in [-0.2, -0.15) is 13.2 Å². The van der Waals surface area contributed by atoms with Crippen molar-refractivity contribution in [3.05, 3.63) is 0 Å². The van der Waals surface area contributed by atoms with Gasteiger partial charge in [-0.25, -0.2) is 4.79 Å². The molecule has 2 aliphatic rings. The maximum Gasteiger partial charge on any atom is 0.416 e. The van der Waals surface area contributed by atoms with Crippen molar-refractivity contribution in [2.45, 2.75) is 31.2 Å². The molecule has 6 nitrogen and oxygen atoms in total. The number of carboxylic acids is 1. The number of halogens is 3. The van der Waals surface area contributed by atoms with Crippen molar-refractivity contribution in [2.75, 3.05) is 19.7 Å². The number of nitrogens with one attached hydrogen (secondary N) is 1. The summed E-state index contributed by atoms with van der Waals surface area (Å²) in [4.78, 5) is 23.4. The van der Waals surface area contributed by atoms with E-state index in [-0.39, 0.29) is 19.2 Å². The van der Waals surface area contributed by atoms with Crippen LogP contribution in [0.1, 0.15) is 12.8 Å². The van der Waals surface area contributed by atoms with Gasteiger partial charge in [-0.1, -0.05) is 0 Å². The molecule has 1 atom stereocenters. The fourth-order valence-electron chi connectivity index (χ4n) is 2.24. The second kappa shape index (κ2) is 5.47. The largest absolute Gasteiger partial charge is 0.481 e. The molecule has 0 radical (unpaired) electrons. The Morgan fingerprint density at radius 3 is 2.50 bits per heavy atom. The number of alkyl halides is 3. The number of urea groups is 1. The zero-order valence-electron chi connectivity index (χ0n) is 10.5. The summed E-state index contributed by atoms with van der Waals surface area (Å²) in [5.41, 5.74) is 0. The highest BCUT2D eigenvalue weighted by Crippen LogP contribution is 2.28. The Kier molecular flexibility index (Phi) is 4.07. The van der Waals surface area contributed by atoms with Crippen molar-refractivity contribution < 1.29 is 32.6 Å². The molecule has 1 aliphatic heterocycles. The van der Waals surface area contributed by atoms with Crippen LogP contribution in [-0.4, -0.2) is 60.0 Å². The van der Waals surface area contributed by atoms with Gasteiger partial charge in [0, 0.05) is 12.6 Å². The van der Waals surface area contributed by atoms with Gasteiger partial charge in [0.1, 0.15) is 0 Å². The first-order valence-corrected chi connectivity index (χ1v) is 6.24. The molecule has 2 rings (SSSR count). The number of carbonyl (C=O) groups is 2. The van der Waals surface area contributed by atoms with Crippen LogP contribution in [0.2, 0.25) is 0 Å². The number of nitrogens with zero attached hydrogens (tertiary/aromatic N) is 1. The highest BCUT2D eigenvalue weighted by atomic mass is 19.4. The molecule has 1 unspecified atom stereocenters. The maximum absolute atomic E-state index is 12.5. The molecule has 0 spiro atoms. The fraction of sp³-hybridized carbons (Fsp3) is 0.818. The van der Waals surface area contributed by atoms with Crippen LogP contribution in [0.5, 0.6) is 0 Å². The summed E-state index contributed by atoms with van der Waals surface area (Å²) in [6.45, 7) is -0.613. The predicted octanol–water partition coefficient (Wildman–Crippen LogP) is 0.822. The summed E-state index contributed by atoms with van der Waals surface area (Å²) in [6, 6.07) is -0.882. The van der Waals surface area contributed by atoms with E-state index in [0.29, 0.717) is 12.8 Å². The standard InChI is InChI=1S/C11H15F3N2O4/c12-11(13,14)8-5-16(1-2-20-8)10(19)15-7-3-6(4-7)9(17)18/h6-8H,1-5H2,(H,15,19)(H,17,18). The summed E-state index contributed by atoms with van der Waals surface area (Å²) in [6.07, 6.45) is -5.83. The quantitative estimate of drug-likeness (QED) is 0.791. The maximum atomic E-state index is 12.5. The third-order valence-corrected chi connectivity index (χ3v) is 3.53. The van der Waals surface area contributed by atoms with Gasteiger partial charge in [-0.15, -0.1) is 0 Å². The predicted molar refractivity (Wildman–Crippen MR) is 60.0 cm³/mol. The molecule has 1 saturated heterocycles. The number of amides is 2. The van der Waals surface area contributed by atoms with Crippen LogP contribution in [-0.2, 0) is 9.53 Å². The highest BCUT2D eigenvalue weighted by molar-refractivity contribution is 5.76. The van der Waals surface area contributed by atoms with Crippen LogP contribution in [0.3, 0.4) is 0 Å². The molecule has 0 aromatic heterocycles. The van der Waals surface area contributed by atoms with E-state index in [1.807, 2.05) is 0 Å². The first kappa shape index (κ1) is 14.9. The Hall–Kier alpha value is -1.51. The average molecular weight is 296 g/mol. The molecule has 1 saturated carbocycles. The van der Waals surface area contributed by atoms with Crippen molar-refractivity contribution in [3.8, 4) is 0 Å². The average Bonchev–Trinajstić information content (AvgIpc) is 2.31. The molecule has 1 heterocycles. The lowest BCUT2D eigenvalue weighted by atomic mass is 9.80. The minimum absolute atomic E-state index is 0.0908. The first-order chi connectivity index (χ1) is 9.27. The molecule has 0 bridgehead atoms. The molecule has 20 heavy (non-hydrogen) atoms. The van der Waals surface area contributed by atoms with Crippen LogP contribution in [0.15, 0.2) is 0 Å². The summed E-state index contributed by atoms with van der Waals surface area (Å²) in [5.74, 6) is -1.40. The Labute approximate surface area is 112 Å². The summed E-state index contributed by atoms with van der Waals surface area (Å²) in [5, 5.41) is 11.2. The van der Waals surface area contributed by atoms with E-state index in [9.17, 15) is 22.8 Å². The summed E-state index contributed by atoms with van der Waals surface area (Å²) < 4.78 is 42.1. The van der Waals surface area contributed by atoms with E-state index in [1.165, 1.54) is 0 Å². The third kappa shape index (κ3) is 3.33. The number of carbonyl (C=O) groups excluding carboxylic acids is 1. The molecule has 1 aliphatic carbocycles. The van der Waals surface area contributed by atoms with Crippen molar-refractivity contribution in [2.24, 2.45) is 5.92 Å². The van der Waals surface area contributed by atoms with Crippen molar-refractivity contribution in [1.29, 1.82) is 0 Å². The first-order valence-electron chi connectivity index (χ1n) is 6.24. The van der Waals surface area contributed by atoms with Crippen LogP contribution in [0.25, 0.3) is 0 Å². The van der Waals surface area contributed by atoms with Gasteiger partial charge < -0.3 is 20.1 Å². The van der Waals surface area contributed by atoms with E-state index >= 15 is 0 Å². The normalized spacial score (nSPS) is 30.6. The lowest BCUT2D eigenvalue weighted by molar-refractivity contribution is -0.233. The molecular formula is C11H15F3N2O4. The van der Waals surface area contributed by atoms with E-state index in [4.69, 9.17) is 5.11 Å². The van der Waals surface area contributed by atoms with Gasteiger partial charge >= 0.3 is 18.2 Å². The van der Waals surface area contributed by atoms with E-state index in [2.05, 4.69) is 10.1 Å². The van der Waals surface area contributed by atoms with Crippen LogP contribution < -0.4 is 5.32 Å². The molecule has 0 aromatic rings. The molecule has 114 valence electrons. The zero-order chi connectivity index (χ0) is 14.9. The van der Waals surface area contributed by atoms with Gasteiger partial charge in [-0.3, -0.25) is 4.79 Å². The highest BCUT2D eigenvalue weighted by Gasteiger charge is 2.45. The molecule has 2 fully saturated rings. The van der Waals surface area contributed by atoms with Gasteiger partial charge in [0.25, 0.3) is 0 Å². The summed E-state index contributed by atoms with van der Waals surface area (Å²) in [7, 11) is 0. The van der Waals surface area contributed by atoms with Gasteiger partial charge in [0.2, 0.25) is 0 Å². The minimum Gasteiger partial charge on any atom is -0.481 e. The van der Waals surface area contributed by atoms with Crippen molar-refractivity contribution in [3.63, 3.8) is 0 Å². The lowest BCUT2D eigenvalue weighted by Crippen LogP contribution is -2.57. The minimum atomic E-state index is -4.50. The number of carboxylic acid groups (broad SMARTS) is 1. The van der Waals surface area contributed by atoms with Gasteiger partial charge in [-0.05, 0) is 12.8 Å². The smallest absolute Gasteiger partial charge is 0.416 e. The molecular weight excluding hydrogens is 281 g/mol. The molecule has 2 amide bonds. The third-order valence-electron chi connectivity index (χ3n) is 3.53. The van der Waals surface area contributed by atoms with Crippen molar-refractivity contribution in [1.82, 2.24) is 10.2 Å². The Bertz CT molecular complexity index is 396. The lowest BCUT2D eigenvalue weighted by Gasteiger charge is -2.37. The molecule has 0 aromatic carbocycles. The number of hydrogen-bond donors (Lipinski definition) is 2. The SMILES string of the molecule is O=C(O)C1CC(NC(=O)N2CCOC(C(F)(F)F)C2)C1. The van der Waals surface area contributed by atoms with E-state index < -0.39 is 36.7 Å².